The molecule has 2 aliphatic rings. The topological polar surface area (TPSA) is 93.0 Å². The molecule has 0 spiro atoms. The number of aromatic amines is 1. The summed E-state index contributed by atoms with van der Waals surface area (Å²) in [6, 6.07) is 31.8. The molecule has 268 valence electrons. The number of halogens is 2. The number of amides is 1. The van der Waals surface area contributed by atoms with Gasteiger partial charge in [0.05, 0.1) is 46.8 Å². The maximum absolute atomic E-state index is 14.8. The summed E-state index contributed by atoms with van der Waals surface area (Å²) in [6.07, 6.45) is 8.36. The fraction of sp³-hybridized carbons (Fsp3) is 0.279. The Hall–Kier alpha value is -5.07. The molecular weight excluding hydrogens is 701 g/mol. The van der Waals surface area contributed by atoms with Gasteiger partial charge in [0.2, 0.25) is 0 Å². The monoisotopic (exact) mass is 741 g/mol. The zero-order valence-corrected chi connectivity index (χ0v) is 31.2. The van der Waals surface area contributed by atoms with Crippen LogP contribution in [0.5, 0.6) is 0 Å². The normalized spacial score (nSPS) is 16.1. The molecule has 0 bridgehead atoms. The summed E-state index contributed by atoms with van der Waals surface area (Å²) in [5.74, 6) is -0.324. The van der Waals surface area contributed by atoms with Crippen LogP contribution in [-0.4, -0.2) is 57.6 Å². The van der Waals surface area contributed by atoms with E-state index >= 15 is 0 Å². The van der Waals surface area contributed by atoms with Crippen molar-refractivity contribution in [3.63, 3.8) is 0 Å². The first-order valence-corrected chi connectivity index (χ1v) is 19.2. The molecule has 3 heterocycles. The van der Waals surface area contributed by atoms with Crippen molar-refractivity contribution in [1.29, 1.82) is 5.26 Å². The summed E-state index contributed by atoms with van der Waals surface area (Å²) >= 11 is 12.8. The molecule has 6 aromatic rings. The van der Waals surface area contributed by atoms with Gasteiger partial charge >= 0.3 is 0 Å². The summed E-state index contributed by atoms with van der Waals surface area (Å²) in [5, 5.41) is 15.2. The molecule has 2 N–H and O–H groups in total. The minimum Gasteiger partial charge on any atom is -0.367 e. The van der Waals surface area contributed by atoms with Crippen LogP contribution < -0.4 is 10.2 Å². The van der Waals surface area contributed by atoms with Crippen LogP contribution in [0.4, 0.5) is 11.4 Å². The zero-order chi connectivity index (χ0) is 36.5. The Balaban J connectivity index is 1.21. The second kappa shape index (κ2) is 15.1. The standard InChI is InChI=1S/C43H41Cl2N7O/c1-28(30-13-15-32(44)16-14-30)52-27-47-40(31-8-4-2-5-9-31)42(52)39-35-18-17-33(45)25-36(35)48-41(39)43(53)49-37-24-29(26-46)12-19-38(37)51-22-20-50(21-23-51)34-10-6-3-7-11-34/h2,4-5,8-9,12-19,24-25,27-28,34,48H,3,6-7,10-11,20-23H2,1H3,(H,49,53). The van der Waals surface area contributed by atoms with Crippen LogP contribution in [-0.2, 0) is 0 Å². The fourth-order valence-electron chi connectivity index (χ4n) is 8.14. The maximum atomic E-state index is 14.8. The number of hydrogen-bond donors (Lipinski definition) is 2. The molecule has 1 saturated carbocycles. The minimum absolute atomic E-state index is 0.147. The van der Waals surface area contributed by atoms with E-state index in [-0.39, 0.29) is 11.9 Å². The van der Waals surface area contributed by atoms with E-state index in [1.807, 2.05) is 91.3 Å². The van der Waals surface area contributed by atoms with Gasteiger partial charge in [-0.05, 0) is 67.8 Å². The highest BCUT2D eigenvalue weighted by Crippen LogP contribution is 2.42. The van der Waals surface area contributed by atoms with Gasteiger partial charge < -0.3 is 19.8 Å². The van der Waals surface area contributed by atoms with Crippen molar-refractivity contribution in [2.45, 2.75) is 51.1 Å². The van der Waals surface area contributed by atoms with Crippen molar-refractivity contribution in [1.82, 2.24) is 19.4 Å². The number of carbonyl (C=O) groups is 1. The summed E-state index contributed by atoms with van der Waals surface area (Å²) in [6.45, 7) is 5.77. The lowest BCUT2D eigenvalue weighted by atomic mass is 9.94. The average Bonchev–Trinajstić information content (AvgIpc) is 3.80. The molecule has 1 amide bonds. The fourth-order valence-corrected chi connectivity index (χ4v) is 8.44. The van der Waals surface area contributed by atoms with E-state index in [4.69, 9.17) is 28.2 Å². The number of rotatable bonds is 8. The van der Waals surface area contributed by atoms with Crippen molar-refractivity contribution in [3.05, 3.63) is 124 Å². The number of hydrogen-bond acceptors (Lipinski definition) is 5. The van der Waals surface area contributed by atoms with Gasteiger partial charge in [-0.25, -0.2) is 4.98 Å². The predicted octanol–water partition coefficient (Wildman–Crippen LogP) is 10.2. The van der Waals surface area contributed by atoms with Crippen molar-refractivity contribution >= 4 is 51.4 Å². The van der Waals surface area contributed by atoms with Crippen LogP contribution in [0.1, 0.15) is 66.7 Å². The molecule has 53 heavy (non-hydrogen) atoms. The molecule has 8 nitrogen and oxygen atoms in total. The van der Waals surface area contributed by atoms with Gasteiger partial charge in [0.15, 0.2) is 0 Å². The van der Waals surface area contributed by atoms with E-state index in [1.165, 1.54) is 32.1 Å². The van der Waals surface area contributed by atoms with Crippen molar-refractivity contribution in [2.24, 2.45) is 0 Å². The number of imidazole rings is 1. The maximum Gasteiger partial charge on any atom is 0.272 e. The lowest BCUT2D eigenvalue weighted by Crippen LogP contribution is -2.51. The molecule has 10 heteroatoms. The minimum atomic E-state index is -0.324. The van der Waals surface area contributed by atoms with Crippen LogP contribution in [0.25, 0.3) is 33.4 Å². The SMILES string of the molecule is CC(c1ccc(Cl)cc1)n1cnc(-c2ccccc2)c1-c1c(C(=O)Nc2cc(C#N)ccc2N2CCN(C3CCCCC3)CC2)[nH]c2cc(Cl)ccc12. The van der Waals surface area contributed by atoms with Crippen molar-refractivity contribution < 1.29 is 4.79 Å². The molecule has 1 aliphatic carbocycles. The number of nitrogens with one attached hydrogen (secondary N) is 2. The highest BCUT2D eigenvalue weighted by Gasteiger charge is 2.30. The van der Waals surface area contributed by atoms with Crippen molar-refractivity contribution in [2.75, 3.05) is 36.4 Å². The number of anilines is 2. The van der Waals surface area contributed by atoms with Crippen LogP contribution in [0.3, 0.4) is 0 Å². The Morgan fingerprint density at radius 2 is 1.64 bits per heavy atom. The molecule has 2 fully saturated rings. The second-order valence-corrected chi connectivity index (χ2v) is 15.0. The van der Waals surface area contributed by atoms with E-state index in [0.717, 1.165) is 65.3 Å². The summed E-state index contributed by atoms with van der Waals surface area (Å²) in [5.41, 5.74) is 7.33. The van der Waals surface area contributed by atoms with E-state index < -0.39 is 0 Å². The van der Waals surface area contributed by atoms with Gasteiger partial charge in [0.1, 0.15) is 5.69 Å². The number of nitriles is 1. The van der Waals surface area contributed by atoms with E-state index in [0.29, 0.717) is 38.6 Å². The predicted molar refractivity (Wildman–Crippen MR) is 215 cm³/mol. The largest absolute Gasteiger partial charge is 0.367 e. The Kier molecular flexibility index (Phi) is 9.98. The van der Waals surface area contributed by atoms with Crippen LogP contribution in [0.15, 0.2) is 97.3 Å². The quantitative estimate of drug-likeness (QED) is 0.162. The summed E-state index contributed by atoms with van der Waals surface area (Å²) in [4.78, 5) is 28.2. The summed E-state index contributed by atoms with van der Waals surface area (Å²) in [7, 11) is 0. The number of benzene rings is 4. The number of piperazine rings is 1. The highest BCUT2D eigenvalue weighted by molar-refractivity contribution is 6.31. The van der Waals surface area contributed by atoms with Gasteiger partial charge in [-0.2, -0.15) is 5.26 Å². The lowest BCUT2D eigenvalue weighted by molar-refractivity contribution is 0.102. The van der Waals surface area contributed by atoms with Gasteiger partial charge in [0, 0.05) is 64.3 Å². The van der Waals surface area contributed by atoms with Gasteiger partial charge in [0.25, 0.3) is 5.91 Å². The van der Waals surface area contributed by atoms with Gasteiger partial charge in [-0.15, -0.1) is 0 Å². The molecule has 1 aliphatic heterocycles. The third-order valence-corrected chi connectivity index (χ3v) is 11.4. The van der Waals surface area contributed by atoms with Crippen LogP contribution >= 0.6 is 23.2 Å². The summed E-state index contributed by atoms with van der Waals surface area (Å²) < 4.78 is 2.12. The van der Waals surface area contributed by atoms with E-state index in [1.54, 1.807) is 6.07 Å². The Bertz CT molecular complexity index is 2290. The number of H-pyrrole nitrogens is 1. The third kappa shape index (κ3) is 7.05. The molecule has 1 saturated heterocycles. The zero-order valence-electron chi connectivity index (χ0n) is 29.7. The Morgan fingerprint density at radius 3 is 2.38 bits per heavy atom. The van der Waals surface area contributed by atoms with Crippen molar-refractivity contribution in [3.8, 4) is 28.6 Å². The average molecular weight is 743 g/mol. The van der Waals surface area contributed by atoms with Gasteiger partial charge in [-0.3, -0.25) is 9.69 Å². The third-order valence-electron chi connectivity index (χ3n) is 11.0. The first kappa shape index (κ1) is 35.0. The molecule has 1 unspecified atom stereocenters. The Morgan fingerprint density at radius 1 is 0.906 bits per heavy atom. The van der Waals surface area contributed by atoms with E-state index in [9.17, 15) is 10.1 Å². The van der Waals surface area contributed by atoms with Crippen LogP contribution in [0.2, 0.25) is 10.0 Å². The smallest absolute Gasteiger partial charge is 0.272 e. The number of fused-ring (bicyclic) bond motifs is 1. The number of aromatic nitrogens is 3. The second-order valence-electron chi connectivity index (χ2n) is 14.1. The molecule has 1 atom stereocenters. The molecule has 4 aromatic carbocycles. The van der Waals surface area contributed by atoms with E-state index in [2.05, 4.69) is 37.7 Å². The molecule has 2 aromatic heterocycles. The number of nitrogens with zero attached hydrogens (tertiary/aromatic N) is 5. The molecule has 0 radical (unpaired) electrons. The highest BCUT2D eigenvalue weighted by atomic mass is 35.5. The first-order valence-electron chi connectivity index (χ1n) is 18.4. The molecule has 8 rings (SSSR count). The van der Waals surface area contributed by atoms with Crippen LogP contribution in [0, 0.1) is 11.3 Å². The molecular formula is C43H41Cl2N7O. The van der Waals surface area contributed by atoms with Gasteiger partial charge in [-0.1, -0.05) is 91.0 Å². The Labute approximate surface area is 320 Å². The first-order chi connectivity index (χ1) is 25.9. The lowest BCUT2D eigenvalue weighted by Gasteiger charge is -2.42. The number of carbonyl (C=O) groups excluding carboxylic acids is 1.